The Bertz CT molecular complexity index is 809. The van der Waals surface area contributed by atoms with Crippen LogP contribution in [-0.2, 0) is 7.05 Å². The van der Waals surface area contributed by atoms with E-state index in [-0.39, 0.29) is 0 Å². The molecular weight excluding hydrogens is 266 g/mol. The average Bonchev–Trinajstić information content (AvgIpc) is 2.83. The van der Waals surface area contributed by atoms with Gasteiger partial charge in [0, 0.05) is 30.4 Å². The molecule has 0 amide bonds. The van der Waals surface area contributed by atoms with Crippen LogP contribution >= 0.6 is 0 Å². The molecule has 3 rings (SSSR count). The number of nitrogen functional groups attached to an aromatic ring is 1. The predicted octanol–water partition coefficient (Wildman–Crippen LogP) is 2.84. The Morgan fingerprint density at radius 1 is 1.00 bits per heavy atom. The number of rotatable bonds is 3. The van der Waals surface area contributed by atoms with E-state index in [0.29, 0.717) is 5.69 Å². The van der Waals surface area contributed by atoms with Crippen LogP contribution in [0.3, 0.4) is 0 Å². The Hall–Kier alpha value is -2.69. The highest BCUT2D eigenvalue weighted by Gasteiger charge is 2.13. The van der Waals surface area contributed by atoms with Crippen LogP contribution in [0.2, 0.25) is 0 Å². The first-order valence-corrected chi connectivity index (χ1v) is 6.58. The first kappa shape index (κ1) is 13.3. The molecule has 0 atom stereocenters. The maximum absolute atomic E-state index is 6.12. The summed E-state index contributed by atoms with van der Waals surface area (Å²) in [6, 6.07) is 11.4. The second-order valence-electron chi connectivity index (χ2n) is 4.80. The number of nitrogens with two attached hydrogens (primary N) is 1. The molecule has 108 valence electrons. The van der Waals surface area contributed by atoms with Gasteiger partial charge in [-0.2, -0.15) is 0 Å². The zero-order chi connectivity index (χ0) is 15.0. The molecule has 0 spiro atoms. The van der Waals surface area contributed by atoms with Crippen LogP contribution in [0, 0.1) is 0 Å². The molecule has 0 aliphatic carbocycles. The summed E-state index contributed by atoms with van der Waals surface area (Å²) in [5.74, 6) is 2.34. The maximum Gasteiger partial charge on any atom is 0.142 e. The van der Waals surface area contributed by atoms with E-state index in [2.05, 4.69) is 4.98 Å². The summed E-state index contributed by atoms with van der Waals surface area (Å²) >= 11 is 0. The van der Waals surface area contributed by atoms with Gasteiger partial charge in [-0.25, -0.2) is 4.98 Å². The lowest BCUT2D eigenvalue weighted by Crippen LogP contribution is -1.97. The van der Waals surface area contributed by atoms with Gasteiger partial charge in [-0.3, -0.25) is 0 Å². The number of anilines is 1. The van der Waals surface area contributed by atoms with Gasteiger partial charge in [-0.15, -0.1) is 0 Å². The van der Waals surface area contributed by atoms with Crippen molar-refractivity contribution in [2.75, 3.05) is 20.0 Å². The highest BCUT2D eigenvalue weighted by Crippen LogP contribution is 2.31. The number of hydrogen-bond donors (Lipinski definition) is 1. The van der Waals surface area contributed by atoms with Gasteiger partial charge >= 0.3 is 0 Å². The molecular formula is C16H17N3O2. The molecule has 0 saturated heterocycles. The van der Waals surface area contributed by atoms with E-state index in [1.54, 1.807) is 20.3 Å². The fourth-order valence-electron chi connectivity index (χ4n) is 2.42. The van der Waals surface area contributed by atoms with Crippen LogP contribution < -0.4 is 15.2 Å². The van der Waals surface area contributed by atoms with Gasteiger partial charge in [0.15, 0.2) is 0 Å². The number of ether oxygens (including phenoxy) is 2. The number of hydrogen-bond acceptors (Lipinski definition) is 4. The standard InChI is InChI=1S/C16H17N3O2/c1-19-15-7-5-11(21-3)9-14(15)18-16(19)12-6-4-10(20-2)8-13(12)17/h4-9H,17H2,1-3H3. The van der Waals surface area contributed by atoms with Crippen molar-refractivity contribution in [2.24, 2.45) is 7.05 Å². The molecule has 3 aromatic rings. The largest absolute Gasteiger partial charge is 0.497 e. The quantitative estimate of drug-likeness (QED) is 0.751. The molecule has 0 radical (unpaired) electrons. The Morgan fingerprint density at radius 2 is 1.67 bits per heavy atom. The van der Waals surface area contributed by atoms with Crippen molar-refractivity contribution in [1.29, 1.82) is 0 Å². The van der Waals surface area contributed by atoms with Crippen LogP contribution in [0.15, 0.2) is 36.4 Å². The molecule has 5 heteroatoms. The molecule has 0 bridgehead atoms. The summed E-state index contributed by atoms with van der Waals surface area (Å²) in [6.45, 7) is 0. The molecule has 5 nitrogen and oxygen atoms in total. The number of fused-ring (bicyclic) bond motifs is 1. The molecule has 0 saturated carbocycles. The Balaban J connectivity index is 2.18. The average molecular weight is 283 g/mol. The minimum atomic E-state index is 0.639. The lowest BCUT2D eigenvalue weighted by atomic mass is 10.1. The number of methoxy groups -OCH3 is 2. The Kier molecular flexibility index (Phi) is 3.17. The third-order valence-corrected chi connectivity index (χ3v) is 3.59. The summed E-state index contributed by atoms with van der Waals surface area (Å²) in [5.41, 5.74) is 9.54. The normalized spacial score (nSPS) is 10.8. The highest BCUT2D eigenvalue weighted by molar-refractivity contribution is 5.84. The van der Waals surface area contributed by atoms with Crippen molar-refractivity contribution < 1.29 is 9.47 Å². The van der Waals surface area contributed by atoms with Gasteiger partial charge < -0.3 is 19.8 Å². The molecule has 0 fully saturated rings. The van der Waals surface area contributed by atoms with Gasteiger partial charge in [0.2, 0.25) is 0 Å². The predicted molar refractivity (Wildman–Crippen MR) is 83.7 cm³/mol. The third-order valence-electron chi connectivity index (χ3n) is 3.59. The van der Waals surface area contributed by atoms with Crippen molar-refractivity contribution in [1.82, 2.24) is 9.55 Å². The SMILES string of the molecule is COc1ccc(-c2nc3cc(OC)ccc3n2C)c(N)c1. The number of nitrogens with zero attached hydrogens (tertiary/aromatic N) is 2. The molecule has 1 aromatic heterocycles. The van der Waals surface area contributed by atoms with E-state index in [0.717, 1.165) is 33.9 Å². The van der Waals surface area contributed by atoms with E-state index in [1.807, 2.05) is 41.9 Å². The van der Waals surface area contributed by atoms with Gasteiger partial charge in [0.05, 0.1) is 25.3 Å². The van der Waals surface area contributed by atoms with Crippen molar-refractivity contribution in [3.63, 3.8) is 0 Å². The highest BCUT2D eigenvalue weighted by atomic mass is 16.5. The maximum atomic E-state index is 6.12. The fourth-order valence-corrected chi connectivity index (χ4v) is 2.42. The number of imidazole rings is 1. The van der Waals surface area contributed by atoms with E-state index in [9.17, 15) is 0 Å². The fraction of sp³-hybridized carbons (Fsp3) is 0.188. The van der Waals surface area contributed by atoms with Gasteiger partial charge in [0.1, 0.15) is 17.3 Å². The molecule has 2 N–H and O–H groups in total. The monoisotopic (exact) mass is 283 g/mol. The Labute approximate surface area is 122 Å². The molecule has 0 aliphatic rings. The van der Waals surface area contributed by atoms with Crippen LogP contribution in [0.1, 0.15) is 0 Å². The van der Waals surface area contributed by atoms with Gasteiger partial charge in [0.25, 0.3) is 0 Å². The molecule has 0 unspecified atom stereocenters. The molecule has 1 heterocycles. The van der Waals surface area contributed by atoms with Gasteiger partial charge in [-0.05, 0) is 24.3 Å². The van der Waals surface area contributed by atoms with E-state index < -0.39 is 0 Å². The number of aromatic nitrogens is 2. The molecule has 0 aliphatic heterocycles. The van der Waals surface area contributed by atoms with Crippen LogP contribution in [0.25, 0.3) is 22.4 Å². The first-order valence-electron chi connectivity index (χ1n) is 6.58. The summed E-state index contributed by atoms with van der Waals surface area (Å²) < 4.78 is 12.4. The van der Waals surface area contributed by atoms with E-state index in [1.165, 1.54) is 0 Å². The van der Waals surface area contributed by atoms with Gasteiger partial charge in [-0.1, -0.05) is 0 Å². The third kappa shape index (κ3) is 2.16. The van der Waals surface area contributed by atoms with Crippen molar-refractivity contribution in [2.45, 2.75) is 0 Å². The Morgan fingerprint density at radius 3 is 2.33 bits per heavy atom. The lowest BCUT2D eigenvalue weighted by Gasteiger charge is -2.08. The summed E-state index contributed by atoms with van der Waals surface area (Å²) in [6.07, 6.45) is 0. The van der Waals surface area contributed by atoms with Crippen molar-refractivity contribution in [3.8, 4) is 22.9 Å². The van der Waals surface area contributed by atoms with Crippen molar-refractivity contribution in [3.05, 3.63) is 36.4 Å². The minimum absolute atomic E-state index is 0.639. The number of aryl methyl sites for hydroxylation is 1. The van der Waals surface area contributed by atoms with Crippen LogP contribution in [0.4, 0.5) is 5.69 Å². The topological polar surface area (TPSA) is 62.3 Å². The minimum Gasteiger partial charge on any atom is -0.497 e. The van der Waals surface area contributed by atoms with Crippen LogP contribution in [0.5, 0.6) is 11.5 Å². The molecule has 2 aromatic carbocycles. The zero-order valence-corrected chi connectivity index (χ0v) is 12.3. The summed E-state index contributed by atoms with van der Waals surface area (Å²) in [7, 11) is 5.24. The first-order chi connectivity index (χ1) is 10.1. The van der Waals surface area contributed by atoms with E-state index >= 15 is 0 Å². The second kappa shape index (κ2) is 5.01. The van der Waals surface area contributed by atoms with Crippen LogP contribution in [-0.4, -0.2) is 23.8 Å². The van der Waals surface area contributed by atoms with E-state index in [4.69, 9.17) is 15.2 Å². The lowest BCUT2D eigenvalue weighted by molar-refractivity contribution is 0.415. The number of benzene rings is 2. The molecule has 21 heavy (non-hydrogen) atoms. The zero-order valence-electron chi connectivity index (χ0n) is 12.3. The summed E-state index contributed by atoms with van der Waals surface area (Å²) in [4.78, 5) is 4.67. The summed E-state index contributed by atoms with van der Waals surface area (Å²) in [5, 5.41) is 0. The van der Waals surface area contributed by atoms with Crippen molar-refractivity contribution >= 4 is 16.7 Å². The second-order valence-corrected chi connectivity index (χ2v) is 4.80. The smallest absolute Gasteiger partial charge is 0.142 e.